The second-order valence-electron chi connectivity index (χ2n) is 8.10. The van der Waals surface area contributed by atoms with E-state index in [1.807, 2.05) is 24.3 Å². The molecule has 0 bridgehead atoms. The first-order valence-electron chi connectivity index (χ1n) is 10.6. The van der Waals surface area contributed by atoms with Gasteiger partial charge in [-0.2, -0.15) is 0 Å². The van der Waals surface area contributed by atoms with Crippen LogP contribution in [0.5, 0.6) is 0 Å². The predicted molar refractivity (Wildman–Crippen MR) is 118 cm³/mol. The van der Waals surface area contributed by atoms with Gasteiger partial charge in [-0.1, -0.05) is 48.5 Å². The Morgan fingerprint density at radius 3 is 2.31 bits per heavy atom. The fourth-order valence-corrected chi connectivity index (χ4v) is 4.82. The van der Waals surface area contributed by atoms with Crippen molar-refractivity contribution in [2.24, 2.45) is 7.05 Å². The van der Waals surface area contributed by atoms with E-state index in [1.54, 1.807) is 28.6 Å². The summed E-state index contributed by atoms with van der Waals surface area (Å²) in [4.78, 5) is 26.2. The lowest BCUT2D eigenvalue weighted by atomic mass is 9.98. The van der Waals surface area contributed by atoms with Gasteiger partial charge in [-0.15, -0.1) is 0 Å². The zero-order chi connectivity index (χ0) is 22.2. The van der Waals surface area contributed by atoms with Crippen molar-refractivity contribution in [3.63, 3.8) is 0 Å². The van der Waals surface area contributed by atoms with Gasteiger partial charge < -0.3 is 19.1 Å². The average molecular weight is 432 g/mol. The minimum absolute atomic E-state index is 0.0144. The molecule has 1 aliphatic carbocycles. The number of hydrogen-bond donors (Lipinski definition) is 1. The Labute approximate surface area is 185 Å². The Morgan fingerprint density at radius 1 is 1.03 bits per heavy atom. The summed E-state index contributed by atoms with van der Waals surface area (Å²) in [6.07, 6.45) is -0.418. The van der Waals surface area contributed by atoms with Crippen molar-refractivity contribution in [1.82, 2.24) is 9.47 Å². The molecule has 164 valence electrons. The van der Waals surface area contributed by atoms with Crippen LogP contribution in [0.4, 0.5) is 4.79 Å². The Morgan fingerprint density at radius 2 is 1.69 bits per heavy atom. The SMILES string of the molecule is Cn1c(C(=O)O)ccc1C1COCCN1C(=O)OCC1c2ccccc2-c2ccccc21. The normalized spacial score (nSPS) is 17.7. The molecule has 0 saturated carbocycles. The average Bonchev–Trinajstić information content (AvgIpc) is 3.35. The third-order valence-corrected chi connectivity index (χ3v) is 6.42. The van der Waals surface area contributed by atoms with Crippen LogP contribution in [0.1, 0.15) is 39.3 Å². The fourth-order valence-electron chi connectivity index (χ4n) is 4.82. The van der Waals surface area contributed by atoms with Gasteiger partial charge in [0, 0.05) is 25.2 Å². The minimum Gasteiger partial charge on any atom is -0.477 e. The van der Waals surface area contributed by atoms with E-state index in [2.05, 4.69) is 24.3 Å². The quantitative estimate of drug-likeness (QED) is 0.673. The standard InChI is InChI=1S/C25H24N2O5/c1-26-21(10-11-22(26)24(28)29)23-15-31-13-12-27(23)25(30)32-14-20-18-8-4-2-6-16(18)17-7-3-5-9-19(17)20/h2-11,20,23H,12-15H2,1H3,(H,28,29). The molecule has 1 amide bonds. The fraction of sp³-hybridized carbons (Fsp3) is 0.280. The number of carbonyl (C=O) groups is 2. The molecule has 1 atom stereocenters. The molecule has 1 N–H and O–H groups in total. The van der Waals surface area contributed by atoms with Crippen LogP contribution in [0.2, 0.25) is 0 Å². The van der Waals surface area contributed by atoms with E-state index in [0.29, 0.717) is 25.5 Å². The number of aromatic nitrogens is 1. The number of nitrogens with zero attached hydrogens (tertiary/aromatic N) is 2. The molecule has 1 aromatic heterocycles. The highest BCUT2D eigenvalue weighted by Crippen LogP contribution is 2.44. The Balaban J connectivity index is 1.36. The van der Waals surface area contributed by atoms with E-state index in [9.17, 15) is 14.7 Å². The molecule has 2 aliphatic rings. The number of ether oxygens (including phenoxy) is 2. The predicted octanol–water partition coefficient (Wildman–Crippen LogP) is 4.05. The van der Waals surface area contributed by atoms with Crippen LogP contribution in [0, 0.1) is 0 Å². The maximum Gasteiger partial charge on any atom is 0.410 e. The molecular formula is C25H24N2O5. The van der Waals surface area contributed by atoms with Crippen LogP contribution in [0.15, 0.2) is 60.7 Å². The van der Waals surface area contributed by atoms with Gasteiger partial charge in [0.05, 0.1) is 19.3 Å². The summed E-state index contributed by atoms with van der Waals surface area (Å²) in [5, 5.41) is 9.36. The molecule has 2 heterocycles. The third kappa shape index (κ3) is 3.35. The van der Waals surface area contributed by atoms with Crippen molar-refractivity contribution in [3.8, 4) is 11.1 Å². The lowest BCUT2D eigenvalue weighted by Crippen LogP contribution is -2.44. The number of rotatable bonds is 4. The summed E-state index contributed by atoms with van der Waals surface area (Å²) in [6, 6.07) is 19.3. The number of hydrogen-bond acceptors (Lipinski definition) is 4. The number of carboxylic acid groups (broad SMARTS) is 1. The Kier molecular flexibility index (Phi) is 5.19. The number of amides is 1. The van der Waals surface area contributed by atoms with Gasteiger partial charge in [-0.3, -0.25) is 4.90 Å². The number of morpholine rings is 1. The van der Waals surface area contributed by atoms with Crippen molar-refractivity contribution in [1.29, 1.82) is 0 Å². The molecule has 1 unspecified atom stereocenters. The molecule has 7 heteroatoms. The number of fused-ring (bicyclic) bond motifs is 3. The zero-order valence-electron chi connectivity index (χ0n) is 17.7. The van der Waals surface area contributed by atoms with Gasteiger partial charge in [0.1, 0.15) is 12.3 Å². The third-order valence-electron chi connectivity index (χ3n) is 6.42. The summed E-state index contributed by atoms with van der Waals surface area (Å²) in [7, 11) is 1.68. The minimum atomic E-state index is -1.01. The molecule has 1 aliphatic heterocycles. The smallest absolute Gasteiger partial charge is 0.410 e. The summed E-state index contributed by atoms with van der Waals surface area (Å²) in [5.74, 6) is -1.03. The first-order valence-corrected chi connectivity index (χ1v) is 10.6. The van der Waals surface area contributed by atoms with Gasteiger partial charge in [0.2, 0.25) is 0 Å². The van der Waals surface area contributed by atoms with Crippen LogP contribution < -0.4 is 0 Å². The van der Waals surface area contributed by atoms with E-state index >= 15 is 0 Å². The number of carbonyl (C=O) groups excluding carboxylic acids is 1. The van der Waals surface area contributed by atoms with Crippen molar-refractivity contribution in [2.75, 3.05) is 26.4 Å². The van der Waals surface area contributed by atoms with E-state index in [1.165, 1.54) is 11.1 Å². The first kappa shape index (κ1) is 20.3. The van der Waals surface area contributed by atoms with Gasteiger partial charge >= 0.3 is 12.1 Å². The van der Waals surface area contributed by atoms with E-state index < -0.39 is 18.1 Å². The molecule has 7 nitrogen and oxygen atoms in total. The van der Waals surface area contributed by atoms with Crippen LogP contribution in [-0.2, 0) is 16.5 Å². The van der Waals surface area contributed by atoms with Crippen molar-refractivity contribution in [3.05, 3.63) is 83.2 Å². The summed E-state index contributed by atoms with van der Waals surface area (Å²) >= 11 is 0. The van der Waals surface area contributed by atoms with Gasteiger partial charge in [0.25, 0.3) is 0 Å². The zero-order valence-corrected chi connectivity index (χ0v) is 17.7. The summed E-state index contributed by atoms with van der Waals surface area (Å²) < 4.78 is 13.0. The summed E-state index contributed by atoms with van der Waals surface area (Å²) in [5.41, 5.74) is 5.55. The molecule has 3 aromatic rings. The van der Waals surface area contributed by atoms with Crippen molar-refractivity contribution in [2.45, 2.75) is 12.0 Å². The van der Waals surface area contributed by atoms with Crippen LogP contribution >= 0.6 is 0 Å². The van der Waals surface area contributed by atoms with E-state index in [0.717, 1.165) is 11.1 Å². The molecule has 1 saturated heterocycles. The second kappa shape index (κ2) is 8.16. The molecular weight excluding hydrogens is 408 g/mol. The first-order chi connectivity index (χ1) is 15.6. The van der Waals surface area contributed by atoms with Crippen LogP contribution in [-0.4, -0.2) is 53.0 Å². The van der Waals surface area contributed by atoms with Crippen LogP contribution in [0.3, 0.4) is 0 Å². The highest BCUT2D eigenvalue weighted by Gasteiger charge is 2.34. The molecule has 5 rings (SSSR count). The Bertz CT molecular complexity index is 1140. The maximum atomic E-state index is 13.1. The second-order valence-corrected chi connectivity index (χ2v) is 8.10. The maximum absolute atomic E-state index is 13.1. The largest absolute Gasteiger partial charge is 0.477 e. The van der Waals surface area contributed by atoms with Gasteiger partial charge in [-0.05, 0) is 34.4 Å². The Hall–Kier alpha value is -3.58. The van der Waals surface area contributed by atoms with Gasteiger partial charge in [-0.25, -0.2) is 9.59 Å². The highest BCUT2D eigenvalue weighted by atomic mass is 16.6. The van der Waals surface area contributed by atoms with Gasteiger partial charge in [0.15, 0.2) is 0 Å². The van der Waals surface area contributed by atoms with Crippen molar-refractivity contribution >= 4 is 12.1 Å². The molecule has 2 aromatic carbocycles. The van der Waals surface area contributed by atoms with E-state index in [4.69, 9.17) is 9.47 Å². The monoisotopic (exact) mass is 432 g/mol. The molecule has 0 spiro atoms. The molecule has 0 radical (unpaired) electrons. The van der Waals surface area contributed by atoms with Crippen molar-refractivity contribution < 1.29 is 24.2 Å². The highest BCUT2D eigenvalue weighted by molar-refractivity contribution is 5.86. The number of aromatic carboxylic acids is 1. The lowest BCUT2D eigenvalue weighted by molar-refractivity contribution is -0.0124. The van der Waals surface area contributed by atoms with Crippen LogP contribution in [0.25, 0.3) is 11.1 Å². The van der Waals surface area contributed by atoms with E-state index in [-0.39, 0.29) is 18.2 Å². The summed E-state index contributed by atoms with van der Waals surface area (Å²) in [6.45, 7) is 1.33. The molecule has 1 fully saturated rings. The number of carboxylic acids is 1. The lowest BCUT2D eigenvalue weighted by Gasteiger charge is -2.35. The molecule has 32 heavy (non-hydrogen) atoms. The number of benzene rings is 2. The topological polar surface area (TPSA) is 81.0 Å².